The zero-order chi connectivity index (χ0) is 26.8. The summed E-state index contributed by atoms with van der Waals surface area (Å²) >= 11 is 0. The molecule has 1 amide bonds. The van der Waals surface area contributed by atoms with E-state index in [4.69, 9.17) is 15.6 Å². The van der Waals surface area contributed by atoms with Crippen LogP contribution in [-0.4, -0.2) is 56.7 Å². The first kappa shape index (κ1) is 25.3. The van der Waals surface area contributed by atoms with E-state index < -0.39 is 0 Å². The zero-order valence-electron chi connectivity index (χ0n) is 22.3. The largest absolute Gasteiger partial charge is 0.457 e. The van der Waals surface area contributed by atoms with Gasteiger partial charge in [-0.1, -0.05) is 18.2 Å². The number of nitrogen functional groups attached to an aromatic ring is 1. The van der Waals surface area contributed by atoms with E-state index in [-0.39, 0.29) is 23.9 Å². The molecule has 2 fully saturated rings. The van der Waals surface area contributed by atoms with Crippen LogP contribution in [-0.2, 0) is 4.79 Å². The smallest absolute Gasteiger partial charge is 0.223 e. The standard InChI is InChI=1S/C30H35N7O2/c1-36-17-15-21(16-18-36)30(38)34-22-9-11-23(12-10-22)37-29-26(28(31)32-19-33-29)27(35-37)20-7-13-25(14-8-20)39-24-5-3-2-4-6-24/h2-8,13-14,19,21-23H,9-12,15-18H2,1H3,(H,34,38)(H2,31,32,33). The molecule has 1 saturated carbocycles. The molecule has 1 aliphatic heterocycles. The Labute approximate surface area is 228 Å². The number of para-hydroxylation sites is 1. The number of nitrogens with two attached hydrogens (primary N) is 1. The number of fused-ring (bicyclic) bond motifs is 1. The highest BCUT2D eigenvalue weighted by atomic mass is 16.5. The molecule has 9 heteroatoms. The van der Waals surface area contributed by atoms with Crippen LogP contribution in [0.15, 0.2) is 60.9 Å². The van der Waals surface area contributed by atoms with E-state index in [0.717, 1.165) is 85.4 Å². The van der Waals surface area contributed by atoms with Crippen LogP contribution in [0.25, 0.3) is 22.3 Å². The Balaban J connectivity index is 1.17. The number of nitrogens with zero attached hydrogens (tertiary/aromatic N) is 5. The Kier molecular flexibility index (Phi) is 7.15. The summed E-state index contributed by atoms with van der Waals surface area (Å²) in [6, 6.07) is 18.0. The van der Waals surface area contributed by atoms with Gasteiger partial charge < -0.3 is 20.7 Å². The summed E-state index contributed by atoms with van der Waals surface area (Å²) in [7, 11) is 2.12. The van der Waals surface area contributed by atoms with Gasteiger partial charge in [-0.2, -0.15) is 5.10 Å². The number of aromatic nitrogens is 4. The number of piperidine rings is 1. The normalized spacial score (nSPS) is 20.6. The second kappa shape index (κ2) is 11.0. The lowest BCUT2D eigenvalue weighted by Gasteiger charge is -2.32. The van der Waals surface area contributed by atoms with Crippen molar-refractivity contribution in [3.8, 4) is 22.8 Å². The van der Waals surface area contributed by atoms with E-state index in [9.17, 15) is 4.79 Å². The van der Waals surface area contributed by atoms with Gasteiger partial charge in [0.05, 0.1) is 11.4 Å². The fourth-order valence-electron chi connectivity index (χ4n) is 5.81. The predicted octanol–water partition coefficient (Wildman–Crippen LogP) is 4.81. The van der Waals surface area contributed by atoms with Crippen molar-refractivity contribution in [2.45, 2.75) is 50.6 Å². The van der Waals surface area contributed by atoms with Crippen molar-refractivity contribution in [1.29, 1.82) is 0 Å². The Morgan fingerprint density at radius 1 is 0.923 bits per heavy atom. The topological polar surface area (TPSA) is 111 Å². The number of carbonyl (C=O) groups excluding carboxylic acids is 1. The highest BCUT2D eigenvalue weighted by Crippen LogP contribution is 2.36. The molecule has 3 N–H and O–H groups in total. The van der Waals surface area contributed by atoms with Crippen LogP contribution in [0, 0.1) is 5.92 Å². The Bertz CT molecular complexity index is 1420. The zero-order valence-corrected chi connectivity index (χ0v) is 22.3. The molecular weight excluding hydrogens is 490 g/mol. The van der Waals surface area contributed by atoms with Crippen LogP contribution in [0.4, 0.5) is 5.82 Å². The second-order valence-electron chi connectivity index (χ2n) is 10.8. The second-order valence-corrected chi connectivity index (χ2v) is 10.8. The van der Waals surface area contributed by atoms with Gasteiger partial charge in [0, 0.05) is 17.5 Å². The van der Waals surface area contributed by atoms with Gasteiger partial charge in [-0.25, -0.2) is 14.6 Å². The molecule has 2 aromatic heterocycles. The highest BCUT2D eigenvalue weighted by Gasteiger charge is 2.30. The molecule has 0 radical (unpaired) electrons. The number of amides is 1. The molecule has 3 heterocycles. The third-order valence-corrected chi connectivity index (χ3v) is 8.10. The van der Waals surface area contributed by atoms with Crippen LogP contribution in [0.5, 0.6) is 11.5 Å². The van der Waals surface area contributed by atoms with Crippen LogP contribution in [0.3, 0.4) is 0 Å². The van der Waals surface area contributed by atoms with Gasteiger partial charge in [-0.3, -0.25) is 4.79 Å². The quantitative estimate of drug-likeness (QED) is 0.372. The first-order chi connectivity index (χ1) is 19.0. The summed E-state index contributed by atoms with van der Waals surface area (Å²) in [6.45, 7) is 1.99. The lowest BCUT2D eigenvalue weighted by Crippen LogP contribution is -2.44. The van der Waals surface area contributed by atoms with Crippen molar-refractivity contribution in [3.05, 3.63) is 60.9 Å². The summed E-state index contributed by atoms with van der Waals surface area (Å²) in [4.78, 5) is 24.0. The molecular formula is C30H35N7O2. The van der Waals surface area contributed by atoms with Crippen molar-refractivity contribution < 1.29 is 9.53 Å². The minimum atomic E-state index is 0.140. The summed E-state index contributed by atoms with van der Waals surface area (Å²) < 4.78 is 7.97. The predicted molar refractivity (Wildman–Crippen MR) is 151 cm³/mol. The Hall–Kier alpha value is -3.98. The summed E-state index contributed by atoms with van der Waals surface area (Å²) in [5.74, 6) is 2.32. The maximum atomic E-state index is 12.8. The van der Waals surface area contributed by atoms with Gasteiger partial charge in [-0.05, 0) is 95.1 Å². The third-order valence-electron chi connectivity index (χ3n) is 8.10. The maximum Gasteiger partial charge on any atom is 0.223 e. The first-order valence-corrected chi connectivity index (χ1v) is 13.9. The molecule has 6 rings (SSSR count). The van der Waals surface area contributed by atoms with Gasteiger partial charge in [0.15, 0.2) is 5.65 Å². The molecule has 0 atom stereocenters. The number of benzene rings is 2. The number of hydrogen-bond donors (Lipinski definition) is 2. The molecule has 202 valence electrons. The van der Waals surface area contributed by atoms with Gasteiger partial charge in [0.2, 0.25) is 5.91 Å². The van der Waals surface area contributed by atoms with Crippen molar-refractivity contribution in [3.63, 3.8) is 0 Å². The van der Waals surface area contributed by atoms with Crippen molar-refractivity contribution in [2.24, 2.45) is 5.92 Å². The lowest BCUT2D eigenvalue weighted by molar-refractivity contribution is -0.127. The van der Waals surface area contributed by atoms with Gasteiger partial charge in [-0.15, -0.1) is 0 Å². The maximum absolute atomic E-state index is 12.8. The fourth-order valence-corrected chi connectivity index (χ4v) is 5.81. The Morgan fingerprint density at radius 2 is 1.62 bits per heavy atom. The molecule has 1 aliphatic carbocycles. The lowest BCUT2D eigenvalue weighted by atomic mass is 9.90. The highest BCUT2D eigenvalue weighted by molar-refractivity contribution is 5.98. The number of hydrogen-bond acceptors (Lipinski definition) is 7. The minimum absolute atomic E-state index is 0.140. The number of likely N-dealkylation sites (tertiary alicyclic amines) is 1. The van der Waals surface area contributed by atoms with E-state index in [2.05, 4.69) is 27.2 Å². The summed E-state index contributed by atoms with van der Waals surface area (Å²) in [5.41, 5.74) is 8.80. The van der Waals surface area contributed by atoms with Crippen LogP contribution in [0.2, 0.25) is 0 Å². The number of rotatable bonds is 6. The van der Waals surface area contributed by atoms with E-state index in [1.807, 2.05) is 59.3 Å². The van der Waals surface area contributed by atoms with E-state index in [1.54, 1.807) is 0 Å². The minimum Gasteiger partial charge on any atom is -0.457 e. The average molecular weight is 526 g/mol. The molecule has 1 saturated heterocycles. The molecule has 2 aliphatic rings. The molecule has 2 aromatic carbocycles. The van der Waals surface area contributed by atoms with Gasteiger partial charge >= 0.3 is 0 Å². The van der Waals surface area contributed by atoms with Crippen LogP contribution >= 0.6 is 0 Å². The Morgan fingerprint density at radius 3 is 2.33 bits per heavy atom. The number of carbonyl (C=O) groups is 1. The molecule has 0 spiro atoms. The summed E-state index contributed by atoms with van der Waals surface area (Å²) in [5, 5.41) is 9.13. The first-order valence-electron chi connectivity index (χ1n) is 13.9. The summed E-state index contributed by atoms with van der Waals surface area (Å²) in [6.07, 6.45) is 7.08. The third kappa shape index (κ3) is 5.45. The molecule has 39 heavy (non-hydrogen) atoms. The monoisotopic (exact) mass is 525 g/mol. The van der Waals surface area contributed by atoms with E-state index >= 15 is 0 Å². The van der Waals surface area contributed by atoms with Gasteiger partial charge in [0.1, 0.15) is 29.3 Å². The van der Waals surface area contributed by atoms with E-state index in [1.165, 1.54) is 6.33 Å². The van der Waals surface area contributed by atoms with Gasteiger partial charge in [0.25, 0.3) is 0 Å². The number of ether oxygens (including phenoxy) is 1. The number of anilines is 1. The van der Waals surface area contributed by atoms with Crippen molar-refractivity contribution in [1.82, 2.24) is 30.0 Å². The average Bonchev–Trinajstić information content (AvgIpc) is 3.36. The van der Waals surface area contributed by atoms with Crippen LogP contribution < -0.4 is 15.8 Å². The van der Waals surface area contributed by atoms with Crippen molar-refractivity contribution in [2.75, 3.05) is 25.9 Å². The van der Waals surface area contributed by atoms with Crippen LogP contribution in [0.1, 0.15) is 44.6 Å². The fraction of sp³-hybridized carbons (Fsp3) is 0.400. The number of nitrogens with one attached hydrogen (secondary N) is 1. The SMILES string of the molecule is CN1CCC(C(=O)NC2CCC(n3nc(-c4ccc(Oc5ccccc5)cc4)c4c(N)ncnc43)CC2)CC1. The molecule has 0 unspecified atom stereocenters. The van der Waals surface area contributed by atoms with E-state index in [0.29, 0.717) is 5.82 Å². The molecule has 4 aromatic rings. The molecule has 9 nitrogen and oxygen atoms in total. The van der Waals surface area contributed by atoms with Crippen molar-refractivity contribution >= 4 is 22.8 Å². The molecule has 0 bridgehead atoms.